The molecule has 2 heterocycles. The van der Waals surface area contributed by atoms with Crippen molar-refractivity contribution in [2.24, 2.45) is 4.99 Å². The van der Waals surface area contributed by atoms with Gasteiger partial charge in [-0.25, -0.2) is 8.42 Å². The predicted molar refractivity (Wildman–Crippen MR) is 131 cm³/mol. The highest BCUT2D eigenvalue weighted by Gasteiger charge is 2.30. The van der Waals surface area contributed by atoms with Gasteiger partial charge in [-0.05, 0) is 60.0 Å². The lowest BCUT2D eigenvalue weighted by molar-refractivity contribution is -0.110. The number of fused-ring (bicyclic) bond motifs is 3. The van der Waals surface area contributed by atoms with Gasteiger partial charge in [-0.15, -0.1) is 0 Å². The summed E-state index contributed by atoms with van der Waals surface area (Å²) < 4.78 is 29.9. The summed E-state index contributed by atoms with van der Waals surface area (Å²) in [7, 11) is 0.316. The Bertz CT molecular complexity index is 1270. The summed E-state index contributed by atoms with van der Waals surface area (Å²) in [6, 6.07) is 13.0. The number of carbonyl (C=O) groups is 1. The number of benzene rings is 2. The molecular formula is C26H28N2O4S. The van der Waals surface area contributed by atoms with Crippen LogP contribution in [0.15, 0.2) is 65.3 Å². The monoisotopic (exact) mass is 464 g/mol. The molecule has 2 aliphatic heterocycles. The first-order valence-corrected chi connectivity index (χ1v) is 12.8. The molecule has 0 saturated heterocycles. The van der Waals surface area contributed by atoms with Crippen LogP contribution in [0, 0.1) is 0 Å². The molecular weight excluding hydrogens is 436 g/mol. The fourth-order valence-corrected chi connectivity index (χ4v) is 5.15. The summed E-state index contributed by atoms with van der Waals surface area (Å²) in [5, 5.41) is 0. The fraction of sp³-hybridized carbons (Fsp3) is 0.308. The Morgan fingerprint density at radius 1 is 1.12 bits per heavy atom. The second-order valence-electron chi connectivity index (χ2n) is 8.40. The topological polar surface area (TPSA) is 76.0 Å². The van der Waals surface area contributed by atoms with Crippen molar-refractivity contribution in [2.45, 2.75) is 31.7 Å². The van der Waals surface area contributed by atoms with E-state index in [-0.39, 0.29) is 23.6 Å². The summed E-state index contributed by atoms with van der Waals surface area (Å²) >= 11 is 0. The maximum atomic E-state index is 12.3. The second-order valence-corrected chi connectivity index (χ2v) is 10.7. The van der Waals surface area contributed by atoms with Gasteiger partial charge in [0.1, 0.15) is 18.1 Å². The molecule has 172 valence electrons. The van der Waals surface area contributed by atoms with Crippen molar-refractivity contribution >= 4 is 27.4 Å². The van der Waals surface area contributed by atoms with Crippen molar-refractivity contribution in [3.63, 3.8) is 0 Å². The SMILES string of the molecule is CCS(=O)(=O)Cc1ccc2c(c1)C1=CN(C)C(C=O)C=C1[C@H](C)N=C2c1ccc(OC)cc1. The van der Waals surface area contributed by atoms with Crippen molar-refractivity contribution in [1.29, 1.82) is 0 Å². The van der Waals surface area contributed by atoms with Gasteiger partial charge in [0.05, 0.1) is 24.6 Å². The number of hydrogen-bond acceptors (Lipinski definition) is 6. The van der Waals surface area contributed by atoms with Crippen LogP contribution in [0.1, 0.15) is 36.1 Å². The number of aliphatic imine (C=N–C) groups is 1. The molecule has 0 radical (unpaired) electrons. The molecule has 0 saturated carbocycles. The zero-order valence-electron chi connectivity index (χ0n) is 19.3. The minimum Gasteiger partial charge on any atom is -0.497 e. The number of likely N-dealkylation sites (N-methyl/N-ethyl adjacent to an activating group) is 1. The molecule has 2 aromatic rings. The molecule has 0 amide bonds. The maximum absolute atomic E-state index is 12.3. The van der Waals surface area contributed by atoms with E-state index in [1.807, 2.05) is 73.6 Å². The average Bonchev–Trinajstić information content (AvgIpc) is 2.92. The molecule has 2 aliphatic rings. The molecule has 4 rings (SSSR count). The molecule has 0 spiro atoms. The van der Waals surface area contributed by atoms with Crippen LogP contribution in [0.3, 0.4) is 0 Å². The first-order chi connectivity index (χ1) is 15.8. The van der Waals surface area contributed by atoms with Gasteiger partial charge in [-0.2, -0.15) is 0 Å². The number of aldehydes is 1. The predicted octanol–water partition coefficient (Wildman–Crippen LogP) is 3.65. The van der Waals surface area contributed by atoms with Gasteiger partial charge in [0, 0.05) is 35.7 Å². The van der Waals surface area contributed by atoms with Crippen LogP contribution >= 0.6 is 0 Å². The molecule has 0 bridgehead atoms. The summed E-state index contributed by atoms with van der Waals surface area (Å²) in [6.07, 6.45) is 4.83. The third-order valence-corrected chi connectivity index (χ3v) is 7.85. The number of hydrogen-bond donors (Lipinski definition) is 0. The van der Waals surface area contributed by atoms with E-state index in [1.165, 1.54) is 0 Å². The molecule has 0 N–H and O–H groups in total. The normalized spacial score (nSPS) is 20.0. The number of rotatable bonds is 6. The third kappa shape index (κ3) is 4.50. The minimum absolute atomic E-state index is 0.0134. The lowest BCUT2D eigenvalue weighted by Crippen LogP contribution is -2.31. The average molecular weight is 465 g/mol. The minimum atomic E-state index is -3.18. The number of carbonyl (C=O) groups excluding carboxylic acids is 1. The van der Waals surface area contributed by atoms with E-state index in [1.54, 1.807) is 14.0 Å². The highest BCUT2D eigenvalue weighted by atomic mass is 32.2. The van der Waals surface area contributed by atoms with E-state index >= 15 is 0 Å². The van der Waals surface area contributed by atoms with Crippen molar-refractivity contribution < 1.29 is 17.9 Å². The quantitative estimate of drug-likeness (QED) is 0.610. The van der Waals surface area contributed by atoms with Crippen molar-refractivity contribution in [2.75, 3.05) is 19.9 Å². The summed E-state index contributed by atoms with van der Waals surface area (Å²) in [4.78, 5) is 18.6. The highest BCUT2D eigenvalue weighted by Crippen LogP contribution is 2.38. The molecule has 7 heteroatoms. The Morgan fingerprint density at radius 2 is 1.85 bits per heavy atom. The summed E-state index contributed by atoms with van der Waals surface area (Å²) in [5.74, 6) is 0.841. The molecule has 2 aromatic carbocycles. The van der Waals surface area contributed by atoms with Gasteiger partial charge in [0.15, 0.2) is 9.84 Å². The Labute approximate surface area is 195 Å². The Kier molecular flexibility index (Phi) is 6.26. The van der Waals surface area contributed by atoms with Gasteiger partial charge in [0.25, 0.3) is 0 Å². The van der Waals surface area contributed by atoms with Crippen molar-refractivity contribution in [1.82, 2.24) is 4.90 Å². The Morgan fingerprint density at radius 3 is 2.48 bits per heavy atom. The first kappa shape index (κ1) is 23.0. The van der Waals surface area contributed by atoms with Crippen LogP contribution in [-0.4, -0.2) is 57.3 Å². The smallest absolute Gasteiger partial charge is 0.154 e. The highest BCUT2D eigenvalue weighted by molar-refractivity contribution is 7.90. The number of methoxy groups -OCH3 is 1. The van der Waals surface area contributed by atoms with Gasteiger partial charge < -0.3 is 14.4 Å². The van der Waals surface area contributed by atoms with Crippen LogP contribution in [0.4, 0.5) is 0 Å². The molecule has 6 nitrogen and oxygen atoms in total. The standard InChI is InChI=1S/C26H28N2O4S/c1-5-33(30,31)16-18-6-11-22-24(12-18)25-14-28(3)20(15-29)13-23(25)17(2)27-26(22)19-7-9-21(32-4)10-8-19/h6-15,17,20H,5,16H2,1-4H3/t17-,20?/m0/s1. The molecule has 2 atom stereocenters. The number of nitrogens with zero attached hydrogens (tertiary/aromatic N) is 2. The van der Waals surface area contributed by atoms with E-state index in [2.05, 4.69) is 0 Å². The maximum Gasteiger partial charge on any atom is 0.154 e. The van der Waals surface area contributed by atoms with E-state index in [9.17, 15) is 13.2 Å². The molecule has 33 heavy (non-hydrogen) atoms. The molecule has 1 unspecified atom stereocenters. The molecule has 0 aliphatic carbocycles. The summed E-state index contributed by atoms with van der Waals surface area (Å²) in [5.41, 5.74) is 6.27. The van der Waals surface area contributed by atoms with E-state index in [0.717, 1.165) is 51.1 Å². The Balaban J connectivity index is 1.93. The van der Waals surface area contributed by atoms with E-state index in [4.69, 9.17) is 9.73 Å². The first-order valence-electron chi connectivity index (χ1n) is 10.9. The number of ether oxygens (including phenoxy) is 1. The van der Waals surface area contributed by atoms with Gasteiger partial charge in [0.2, 0.25) is 0 Å². The van der Waals surface area contributed by atoms with Crippen molar-refractivity contribution in [3.8, 4) is 5.75 Å². The van der Waals surface area contributed by atoms with Crippen LogP contribution in [-0.2, 0) is 20.4 Å². The molecule has 0 fully saturated rings. The van der Waals surface area contributed by atoms with E-state index in [0.29, 0.717) is 0 Å². The van der Waals surface area contributed by atoms with Crippen LogP contribution < -0.4 is 4.74 Å². The van der Waals surface area contributed by atoms with E-state index < -0.39 is 9.84 Å². The van der Waals surface area contributed by atoms with Crippen LogP contribution in [0.25, 0.3) is 5.57 Å². The fourth-order valence-electron chi connectivity index (χ4n) is 4.26. The zero-order chi connectivity index (χ0) is 23.8. The third-order valence-electron chi connectivity index (χ3n) is 6.20. The largest absolute Gasteiger partial charge is 0.497 e. The van der Waals surface area contributed by atoms with Crippen LogP contribution in [0.2, 0.25) is 0 Å². The van der Waals surface area contributed by atoms with Crippen LogP contribution in [0.5, 0.6) is 5.75 Å². The second kappa shape index (κ2) is 8.98. The molecule has 0 aromatic heterocycles. The lowest BCUT2D eigenvalue weighted by atomic mass is 9.87. The Hall–Kier alpha value is -3.19. The van der Waals surface area contributed by atoms with Crippen molar-refractivity contribution in [3.05, 3.63) is 82.6 Å². The summed E-state index contributed by atoms with van der Waals surface area (Å²) in [6.45, 7) is 3.68. The lowest BCUT2D eigenvalue weighted by Gasteiger charge is -2.29. The van der Waals surface area contributed by atoms with Gasteiger partial charge in [-0.1, -0.05) is 19.1 Å². The van der Waals surface area contributed by atoms with Gasteiger partial charge >= 0.3 is 0 Å². The van der Waals surface area contributed by atoms with Gasteiger partial charge in [-0.3, -0.25) is 4.99 Å². The number of sulfone groups is 1. The zero-order valence-corrected chi connectivity index (χ0v) is 20.1.